The van der Waals surface area contributed by atoms with Crippen LogP contribution in [0.4, 0.5) is 0 Å². The van der Waals surface area contributed by atoms with Crippen molar-refractivity contribution in [1.82, 2.24) is 4.98 Å². The third-order valence-electron chi connectivity index (χ3n) is 2.15. The lowest BCUT2D eigenvalue weighted by atomic mass is 10.1. The second kappa shape index (κ2) is 12.7. The monoisotopic (exact) mass is 291 g/mol. The van der Waals surface area contributed by atoms with Gasteiger partial charge in [-0.15, -0.1) is 23.2 Å². The van der Waals surface area contributed by atoms with E-state index in [-0.39, 0.29) is 11.8 Å². The third-order valence-corrected chi connectivity index (χ3v) is 2.80. The fourth-order valence-corrected chi connectivity index (χ4v) is 1.86. The van der Waals surface area contributed by atoms with Crippen molar-refractivity contribution in [3.63, 3.8) is 0 Å². The van der Waals surface area contributed by atoms with Gasteiger partial charge < -0.3 is 5.11 Å². The molecule has 0 amide bonds. The van der Waals surface area contributed by atoms with Crippen LogP contribution in [-0.2, 0) is 4.79 Å². The quantitative estimate of drug-likeness (QED) is 0.611. The second-order valence-electron chi connectivity index (χ2n) is 3.74. The molecule has 0 aromatic carbocycles. The first kappa shape index (κ1) is 17.2. The van der Waals surface area contributed by atoms with Crippen molar-refractivity contribution in [2.24, 2.45) is 0 Å². The minimum Gasteiger partial charge on any atom is -0.481 e. The maximum atomic E-state index is 10.1. The third kappa shape index (κ3) is 13.3. The highest BCUT2D eigenvalue weighted by atomic mass is 35.5. The summed E-state index contributed by atoms with van der Waals surface area (Å²) >= 11 is 11.3. The Morgan fingerprint density at radius 2 is 1.83 bits per heavy atom. The minimum absolute atomic E-state index is 0.108. The summed E-state index contributed by atoms with van der Waals surface area (Å²) in [6, 6.07) is 5.72. The summed E-state index contributed by atoms with van der Waals surface area (Å²) in [5.74, 6) is -0.161. The smallest absolute Gasteiger partial charge is 0.303 e. The standard InChI is InChI=1S/C8H14Cl2O2.C5H5N/c9-6-5-7(10)3-1-2-4-8(11)12;1-2-4-6-5-3-1/h7H,1-6H2,(H,11,12);1-5H. The van der Waals surface area contributed by atoms with E-state index >= 15 is 0 Å². The predicted octanol–water partition coefficient (Wildman–Crippen LogP) is 3.95. The number of nitrogens with zero attached hydrogens (tertiary/aromatic N) is 1. The molecule has 0 radical (unpaired) electrons. The van der Waals surface area contributed by atoms with Crippen LogP contribution < -0.4 is 0 Å². The van der Waals surface area contributed by atoms with Crippen molar-refractivity contribution >= 4 is 29.2 Å². The topological polar surface area (TPSA) is 50.2 Å². The Morgan fingerprint density at radius 3 is 2.22 bits per heavy atom. The van der Waals surface area contributed by atoms with E-state index in [1.165, 1.54) is 0 Å². The van der Waals surface area contributed by atoms with Crippen molar-refractivity contribution in [3.05, 3.63) is 30.6 Å². The number of alkyl halides is 2. The van der Waals surface area contributed by atoms with Gasteiger partial charge in [0.25, 0.3) is 0 Å². The molecular weight excluding hydrogens is 273 g/mol. The molecular formula is C13H19Cl2NO2. The molecule has 0 aliphatic heterocycles. The summed E-state index contributed by atoms with van der Waals surface area (Å²) in [5.41, 5.74) is 0. The summed E-state index contributed by atoms with van der Waals surface area (Å²) in [4.78, 5) is 13.9. The van der Waals surface area contributed by atoms with Gasteiger partial charge in [-0.1, -0.05) is 12.5 Å². The lowest BCUT2D eigenvalue weighted by Crippen LogP contribution is -2.00. The van der Waals surface area contributed by atoms with Crippen molar-refractivity contribution in [2.45, 2.75) is 37.5 Å². The Labute approximate surface area is 118 Å². The van der Waals surface area contributed by atoms with E-state index in [9.17, 15) is 4.79 Å². The average molecular weight is 292 g/mol. The molecule has 0 saturated carbocycles. The van der Waals surface area contributed by atoms with Crippen LogP contribution in [0.2, 0.25) is 0 Å². The van der Waals surface area contributed by atoms with Crippen LogP contribution >= 0.6 is 23.2 Å². The van der Waals surface area contributed by atoms with Crippen LogP contribution in [0.1, 0.15) is 32.1 Å². The molecule has 1 aromatic rings. The molecule has 1 rings (SSSR count). The van der Waals surface area contributed by atoms with Gasteiger partial charge >= 0.3 is 5.97 Å². The van der Waals surface area contributed by atoms with E-state index in [4.69, 9.17) is 28.3 Å². The molecule has 1 aromatic heterocycles. The molecule has 0 aliphatic carbocycles. The molecule has 3 nitrogen and oxygen atoms in total. The molecule has 1 N–H and O–H groups in total. The van der Waals surface area contributed by atoms with Gasteiger partial charge in [0.15, 0.2) is 0 Å². The molecule has 18 heavy (non-hydrogen) atoms. The number of carboxylic acid groups (broad SMARTS) is 1. The lowest BCUT2D eigenvalue weighted by molar-refractivity contribution is -0.137. The maximum absolute atomic E-state index is 10.1. The van der Waals surface area contributed by atoms with Crippen LogP contribution in [0, 0.1) is 0 Å². The Kier molecular flexibility index (Phi) is 12.1. The molecule has 0 bridgehead atoms. The van der Waals surface area contributed by atoms with E-state index in [1.54, 1.807) is 12.4 Å². The van der Waals surface area contributed by atoms with E-state index in [0.29, 0.717) is 12.3 Å². The number of hydrogen-bond acceptors (Lipinski definition) is 2. The van der Waals surface area contributed by atoms with Crippen LogP contribution in [0.3, 0.4) is 0 Å². The Bertz CT molecular complexity index is 270. The summed E-state index contributed by atoms with van der Waals surface area (Å²) in [6.07, 6.45) is 6.99. The number of unbranched alkanes of at least 4 members (excludes halogenated alkanes) is 1. The second-order valence-corrected chi connectivity index (χ2v) is 4.73. The minimum atomic E-state index is -0.738. The van der Waals surface area contributed by atoms with Crippen molar-refractivity contribution in [3.8, 4) is 0 Å². The number of carbonyl (C=O) groups is 1. The number of aliphatic carboxylic acids is 1. The van der Waals surface area contributed by atoms with Gasteiger partial charge in [0.1, 0.15) is 0 Å². The molecule has 1 heterocycles. The molecule has 1 atom stereocenters. The highest BCUT2D eigenvalue weighted by Crippen LogP contribution is 2.12. The van der Waals surface area contributed by atoms with Crippen molar-refractivity contribution in [1.29, 1.82) is 0 Å². The summed E-state index contributed by atoms with van der Waals surface area (Å²) < 4.78 is 0. The molecule has 1 unspecified atom stereocenters. The molecule has 102 valence electrons. The van der Waals surface area contributed by atoms with Gasteiger partial charge in [-0.2, -0.15) is 0 Å². The van der Waals surface area contributed by atoms with Gasteiger partial charge in [0.05, 0.1) is 0 Å². The van der Waals surface area contributed by atoms with Gasteiger partial charge in [-0.25, -0.2) is 0 Å². The fourth-order valence-electron chi connectivity index (χ4n) is 1.22. The van der Waals surface area contributed by atoms with E-state index < -0.39 is 5.97 Å². The highest BCUT2D eigenvalue weighted by molar-refractivity contribution is 6.22. The lowest BCUT2D eigenvalue weighted by Gasteiger charge is -2.05. The summed E-state index contributed by atoms with van der Waals surface area (Å²) in [6.45, 7) is 0. The van der Waals surface area contributed by atoms with Gasteiger partial charge in [0.2, 0.25) is 0 Å². The number of pyridine rings is 1. The maximum Gasteiger partial charge on any atom is 0.303 e. The van der Waals surface area contributed by atoms with E-state index in [2.05, 4.69) is 4.98 Å². The van der Waals surface area contributed by atoms with Crippen molar-refractivity contribution in [2.75, 3.05) is 5.88 Å². The van der Waals surface area contributed by atoms with Gasteiger partial charge in [0, 0.05) is 30.1 Å². The molecule has 0 aliphatic rings. The first-order chi connectivity index (χ1) is 8.66. The number of halogens is 2. The summed E-state index contributed by atoms with van der Waals surface area (Å²) in [7, 11) is 0. The van der Waals surface area contributed by atoms with E-state index in [0.717, 1.165) is 19.3 Å². The molecule has 0 spiro atoms. The number of rotatable bonds is 7. The van der Waals surface area contributed by atoms with Crippen molar-refractivity contribution < 1.29 is 9.90 Å². The average Bonchev–Trinajstić information content (AvgIpc) is 2.38. The Hall–Kier alpha value is -0.800. The highest BCUT2D eigenvalue weighted by Gasteiger charge is 2.03. The predicted molar refractivity (Wildman–Crippen MR) is 75.3 cm³/mol. The number of hydrogen-bond donors (Lipinski definition) is 1. The van der Waals surface area contributed by atoms with Crippen LogP contribution in [0.25, 0.3) is 0 Å². The Morgan fingerprint density at radius 1 is 1.17 bits per heavy atom. The van der Waals surface area contributed by atoms with Gasteiger partial charge in [-0.05, 0) is 31.4 Å². The zero-order valence-electron chi connectivity index (χ0n) is 10.3. The van der Waals surface area contributed by atoms with Crippen LogP contribution in [0.5, 0.6) is 0 Å². The van der Waals surface area contributed by atoms with Crippen LogP contribution in [0.15, 0.2) is 30.6 Å². The summed E-state index contributed by atoms with van der Waals surface area (Å²) in [5, 5.41) is 8.44. The normalized spacial score (nSPS) is 11.2. The molecule has 0 fully saturated rings. The molecule has 0 saturated heterocycles. The van der Waals surface area contributed by atoms with E-state index in [1.807, 2.05) is 18.2 Å². The largest absolute Gasteiger partial charge is 0.481 e. The Balaban J connectivity index is 0.000000397. The van der Waals surface area contributed by atoms with Crippen LogP contribution in [-0.4, -0.2) is 27.3 Å². The number of aromatic nitrogens is 1. The number of carboxylic acids is 1. The zero-order chi connectivity index (χ0) is 13.6. The first-order valence-electron chi connectivity index (χ1n) is 5.93. The zero-order valence-corrected chi connectivity index (χ0v) is 11.8. The fraction of sp³-hybridized carbons (Fsp3) is 0.538. The van der Waals surface area contributed by atoms with Gasteiger partial charge in [-0.3, -0.25) is 9.78 Å². The molecule has 5 heteroatoms. The SMILES string of the molecule is O=C(O)CCCCC(Cl)CCCl.c1ccncc1. The first-order valence-corrected chi connectivity index (χ1v) is 6.90.